The van der Waals surface area contributed by atoms with E-state index in [1.807, 2.05) is 24.3 Å². The van der Waals surface area contributed by atoms with Gasteiger partial charge >= 0.3 is 0 Å². The normalized spacial score (nSPS) is 14.0. The van der Waals surface area contributed by atoms with Crippen molar-refractivity contribution in [3.8, 4) is 5.75 Å². The van der Waals surface area contributed by atoms with Crippen molar-refractivity contribution >= 4 is 5.57 Å². The largest absolute Gasteiger partial charge is 0.494 e. The fourth-order valence-electron chi connectivity index (χ4n) is 3.32. The summed E-state index contributed by atoms with van der Waals surface area (Å²) in [6, 6.07) is 15.2. The van der Waals surface area contributed by atoms with Crippen molar-refractivity contribution in [2.75, 3.05) is 6.61 Å². The van der Waals surface area contributed by atoms with Crippen molar-refractivity contribution in [2.45, 2.75) is 45.4 Å². The Morgan fingerprint density at radius 3 is 2.38 bits per heavy atom. The molecule has 0 heterocycles. The maximum Gasteiger partial charge on any atom is 0.131 e. The molecule has 1 saturated carbocycles. The van der Waals surface area contributed by atoms with Crippen LogP contribution in [0.5, 0.6) is 5.75 Å². The highest BCUT2D eigenvalue weighted by Crippen LogP contribution is 2.37. The molecule has 1 aliphatic carbocycles. The Kier molecular flexibility index (Phi) is 5.68. The molecule has 2 aromatic carbocycles. The van der Waals surface area contributed by atoms with E-state index in [0.717, 1.165) is 49.2 Å². The van der Waals surface area contributed by atoms with Crippen LogP contribution in [0.4, 0.5) is 4.39 Å². The Hall–Kier alpha value is -2.09. The van der Waals surface area contributed by atoms with E-state index in [-0.39, 0.29) is 5.82 Å². The highest BCUT2D eigenvalue weighted by atomic mass is 19.1. The highest BCUT2D eigenvalue weighted by molar-refractivity contribution is 5.82. The molecule has 2 heteroatoms. The summed E-state index contributed by atoms with van der Waals surface area (Å²) in [6.07, 6.45) is 6.72. The second kappa shape index (κ2) is 8.14. The van der Waals surface area contributed by atoms with Gasteiger partial charge in [-0.05, 0) is 61.4 Å². The van der Waals surface area contributed by atoms with Gasteiger partial charge in [0.05, 0.1) is 6.61 Å². The average molecular weight is 324 g/mol. The molecule has 0 bridgehead atoms. The lowest BCUT2D eigenvalue weighted by molar-refractivity contribution is 0.309. The second-order valence-corrected chi connectivity index (χ2v) is 6.39. The summed E-state index contributed by atoms with van der Waals surface area (Å²) in [5.74, 6) is 0.742. The van der Waals surface area contributed by atoms with Gasteiger partial charge in [-0.15, -0.1) is 0 Å². The van der Waals surface area contributed by atoms with Gasteiger partial charge in [0.25, 0.3) is 0 Å². The molecule has 0 atom stereocenters. The second-order valence-electron chi connectivity index (χ2n) is 6.39. The topological polar surface area (TPSA) is 9.23 Å². The number of hydrogen-bond donors (Lipinski definition) is 0. The van der Waals surface area contributed by atoms with Crippen LogP contribution >= 0.6 is 0 Å². The van der Waals surface area contributed by atoms with Crippen LogP contribution in [0, 0.1) is 5.82 Å². The van der Waals surface area contributed by atoms with Crippen molar-refractivity contribution < 1.29 is 9.13 Å². The van der Waals surface area contributed by atoms with Crippen molar-refractivity contribution in [3.63, 3.8) is 0 Å². The van der Waals surface area contributed by atoms with E-state index >= 15 is 0 Å². The van der Waals surface area contributed by atoms with Crippen LogP contribution in [0.3, 0.4) is 0 Å². The van der Waals surface area contributed by atoms with Crippen LogP contribution < -0.4 is 4.74 Å². The summed E-state index contributed by atoms with van der Waals surface area (Å²) in [4.78, 5) is 0. The zero-order valence-electron chi connectivity index (χ0n) is 14.4. The van der Waals surface area contributed by atoms with Gasteiger partial charge in [-0.2, -0.15) is 0 Å². The van der Waals surface area contributed by atoms with Crippen LogP contribution in [0.2, 0.25) is 0 Å². The van der Waals surface area contributed by atoms with Crippen LogP contribution in [-0.4, -0.2) is 6.61 Å². The van der Waals surface area contributed by atoms with Crippen LogP contribution in [0.1, 0.15) is 56.6 Å². The third kappa shape index (κ3) is 3.87. The Labute approximate surface area is 144 Å². The maximum absolute atomic E-state index is 14.4. The SMILES string of the molecule is CCCCOc1ccc(C(=C2CCCC2)c2ccccc2F)cc1. The number of unbranched alkanes of at least 4 members (excludes halogenated alkanes) is 1. The van der Waals surface area contributed by atoms with Gasteiger partial charge in [0.15, 0.2) is 0 Å². The minimum absolute atomic E-state index is 0.143. The number of halogens is 1. The molecule has 0 aromatic heterocycles. The summed E-state index contributed by atoms with van der Waals surface area (Å²) >= 11 is 0. The summed E-state index contributed by atoms with van der Waals surface area (Å²) in [5, 5.41) is 0. The van der Waals surface area contributed by atoms with Crippen LogP contribution in [0.25, 0.3) is 5.57 Å². The van der Waals surface area contributed by atoms with Gasteiger partial charge in [-0.25, -0.2) is 4.39 Å². The molecule has 0 saturated heterocycles. The number of hydrogen-bond acceptors (Lipinski definition) is 1. The molecule has 0 aliphatic heterocycles. The number of rotatable bonds is 6. The predicted molar refractivity (Wildman–Crippen MR) is 97.7 cm³/mol. The van der Waals surface area contributed by atoms with Gasteiger partial charge in [-0.1, -0.05) is 49.2 Å². The fraction of sp³-hybridized carbons (Fsp3) is 0.364. The summed E-state index contributed by atoms with van der Waals surface area (Å²) in [5.41, 5.74) is 4.25. The quantitative estimate of drug-likeness (QED) is 0.560. The Morgan fingerprint density at radius 1 is 1.00 bits per heavy atom. The monoisotopic (exact) mass is 324 g/mol. The summed E-state index contributed by atoms with van der Waals surface area (Å²) in [7, 11) is 0. The first-order valence-corrected chi connectivity index (χ1v) is 8.99. The van der Waals surface area contributed by atoms with E-state index in [1.165, 1.54) is 18.4 Å². The predicted octanol–water partition coefficient (Wildman–Crippen LogP) is 6.38. The van der Waals surface area contributed by atoms with E-state index in [1.54, 1.807) is 12.1 Å². The molecule has 1 fully saturated rings. The highest BCUT2D eigenvalue weighted by Gasteiger charge is 2.18. The van der Waals surface area contributed by atoms with E-state index in [0.29, 0.717) is 5.56 Å². The first-order chi connectivity index (χ1) is 11.8. The third-order valence-corrected chi connectivity index (χ3v) is 4.61. The molecular weight excluding hydrogens is 299 g/mol. The molecule has 0 radical (unpaired) electrons. The van der Waals surface area contributed by atoms with Crippen molar-refractivity contribution in [3.05, 3.63) is 71.0 Å². The molecule has 1 aliphatic rings. The summed E-state index contributed by atoms with van der Waals surface area (Å²) < 4.78 is 20.2. The van der Waals surface area contributed by atoms with Crippen molar-refractivity contribution in [1.29, 1.82) is 0 Å². The zero-order chi connectivity index (χ0) is 16.8. The van der Waals surface area contributed by atoms with Gasteiger partial charge < -0.3 is 4.74 Å². The van der Waals surface area contributed by atoms with Crippen molar-refractivity contribution in [2.24, 2.45) is 0 Å². The molecule has 2 aromatic rings. The maximum atomic E-state index is 14.4. The molecule has 0 amide bonds. The van der Waals surface area contributed by atoms with Crippen LogP contribution in [-0.2, 0) is 0 Å². The molecular formula is C22H25FO. The summed E-state index contributed by atoms with van der Waals surface area (Å²) in [6.45, 7) is 2.90. The number of allylic oxidation sites excluding steroid dienone is 1. The number of ether oxygens (including phenoxy) is 1. The van der Waals surface area contributed by atoms with Gasteiger partial charge in [0.2, 0.25) is 0 Å². The van der Waals surface area contributed by atoms with Gasteiger partial charge in [0.1, 0.15) is 11.6 Å². The van der Waals surface area contributed by atoms with E-state index < -0.39 is 0 Å². The number of benzene rings is 2. The van der Waals surface area contributed by atoms with Crippen molar-refractivity contribution in [1.82, 2.24) is 0 Å². The Balaban J connectivity index is 1.92. The zero-order valence-corrected chi connectivity index (χ0v) is 14.4. The van der Waals surface area contributed by atoms with Crippen LogP contribution in [0.15, 0.2) is 54.1 Å². The first-order valence-electron chi connectivity index (χ1n) is 8.99. The lowest BCUT2D eigenvalue weighted by atomic mass is 9.92. The van der Waals surface area contributed by atoms with E-state index in [4.69, 9.17) is 4.74 Å². The third-order valence-electron chi connectivity index (χ3n) is 4.61. The molecule has 0 spiro atoms. The standard InChI is InChI=1S/C22H25FO/c1-2-3-16-24-19-14-12-18(13-15-19)22(17-8-4-5-9-17)20-10-6-7-11-21(20)23/h6-7,10-15H,2-5,8-9,16H2,1H3. The minimum atomic E-state index is -0.143. The molecule has 24 heavy (non-hydrogen) atoms. The van der Waals surface area contributed by atoms with Gasteiger partial charge in [-0.3, -0.25) is 0 Å². The lowest BCUT2D eigenvalue weighted by Crippen LogP contribution is -1.98. The molecule has 3 rings (SSSR count). The van der Waals surface area contributed by atoms with Gasteiger partial charge in [0, 0.05) is 5.56 Å². The van der Waals surface area contributed by atoms with E-state index in [9.17, 15) is 4.39 Å². The van der Waals surface area contributed by atoms with E-state index in [2.05, 4.69) is 19.1 Å². The fourth-order valence-corrected chi connectivity index (χ4v) is 3.32. The molecule has 0 unspecified atom stereocenters. The average Bonchev–Trinajstić information content (AvgIpc) is 3.13. The molecule has 126 valence electrons. The Morgan fingerprint density at radius 2 is 1.71 bits per heavy atom. The smallest absolute Gasteiger partial charge is 0.131 e. The minimum Gasteiger partial charge on any atom is -0.494 e. The molecule has 0 N–H and O–H groups in total. The Bertz CT molecular complexity index is 692. The first kappa shape index (κ1) is 16.8. The molecule has 1 nitrogen and oxygen atoms in total. The lowest BCUT2D eigenvalue weighted by Gasteiger charge is -2.14.